The van der Waals surface area contributed by atoms with Crippen molar-refractivity contribution in [3.63, 3.8) is 0 Å². The number of aryl methyl sites for hydroxylation is 2. The van der Waals surface area contributed by atoms with Crippen LogP contribution in [0.1, 0.15) is 25.1 Å². The molecule has 0 atom stereocenters. The quantitative estimate of drug-likeness (QED) is 0.573. The molecule has 0 saturated heterocycles. The molecule has 0 bridgehead atoms. The van der Waals surface area contributed by atoms with Crippen LogP contribution in [0.4, 0.5) is 0 Å². The van der Waals surface area contributed by atoms with Crippen LogP contribution in [-0.2, 0) is 18.4 Å². The van der Waals surface area contributed by atoms with Crippen LogP contribution in [0.5, 0.6) is 0 Å². The van der Waals surface area contributed by atoms with Crippen LogP contribution in [0, 0.1) is 12.8 Å². The first-order valence-electron chi connectivity index (χ1n) is 4.93. The van der Waals surface area contributed by atoms with Crippen LogP contribution in [0.25, 0.3) is 0 Å². The van der Waals surface area contributed by atoms with Gasteiger partial charge in [-0.2, -0.15) is 10.6 Å². The molecule has 1 rings (SSSR count). The van der Waals surface area contributed by atoms with Crippen molar-refractivity contribution < 1.29 is 4.84 Å². The minimum atomic E-state index is 0.553. The zero-order valence-electron chi connectivity index (χ0n) is 9.37. The summed E-state index contributed by atoms with van der Waals surface area (Å²) < 4.78 is 1.81. The third kappa shape index (κ3) is 3.47. The molecule has 1 heterocycles. The Bertz CT molecular complexity index is 281. The van der Waals surface area contributed by atoms with Crippen molar-refractivity contribution in [2.45, 2.75) is 27.3 Å². The molecule has 1 aromatic rings. The molecular weight excluding hydrogens is 178 g/mol. The highest BCUT2D eigenvalue weighted by Crippen LogP contribution is 2.03. The third-order valence-electron chi connectivity index (χ3n) is 1.90. The molecular formula is C10H19N3O. The monoisotopic (exact) mass is 197 g/mol. The van der Waals surface area contributed by atoms with Crippen molar-refractivity contribution in [1.29, 1.82) is 0 Å². The van der Waals surface area contributed by atoms with Gasteiger partial charge in [0.2, 0.25) is 0 Å². The average molecular weight is 197 g/mol. The van der Waals surface area contributed by atoms with Crippen molar-refractivity contribution >= 4 is 0 Å². The molecule has 0 aromatic carbocycles. The molecule has 0 radical (unpaired) electrons. The van der Waals surface area contributed by atoms with Gasteiger partial charge in [0.05, 0.1) is 12.3 Å². The largest absolute Gasteiger partial charge is 0.301 e. The molecule has 0 amide bonds. The lowest BCUT2D eigenvalue weighted by atomic mass is 10.2. The zero-order valence-corrected chi connectivity index (χ0v) is 9.37. The van der Waals surface area contributed by atoms with Gasteiger partial charge >= 0.3 is 0 Å². The second kappa shape index (κ2) is 5.12. The van der Waals surface area contributed by atoms with E-state index in [2.05, 4.69) is 24.4 Å². The molecule has 0 spiro atoms. The Hall–Kier alpha value is -0.870. The summed E-state index contributed by atoms with van der Waals surface area (Å²) in [6.07, 6.45) is 2.00. The Balaban J connectivity index is 2.28. The molecule has 4 heteroatoms. The maximum absolute atomic E-state index is 5.28. The van der Waals surface area contributed by atoms with E-state index in [0.29, 0.717) is 12.5 Å². The van der Waals surface area contributed by atoms with E-state index in [-0.39, 0.29) is 0 Å². The summed E-state index contributed by atoms with van der Waals surface area (Å²) in [5.41, 5.74) is 5.16. The third-order valence-corrected chi connectivity index (χ3v) is 1.90. The molecule has 4 nitrogen and oxygen atoms in total. The van der Waals surface area contributed by atoms with Gasteiger partial charge in [-0.3, -0.25) is 4.68 Å². The minimum Gasteiger partial charge on any atom is -0.301 e. The van der Waals surface area contributed by atoms with E-state index in [1.807, 2.05) is 24.9 Å². The van der Waals surface area contributed by atoms with Crippen LogP contribution >= 0.6 is 0 Å². The average Bonchev–Trinajstić information content (AvgIpc) is 2.39. The highest BCUT2D eigenvalue weighted by atomic mass is 16.6. The van der Waals surface area contributed by atoms with Gasteiger partial charge in [0.25, 0.3) is 0 Å². The van der Waals surface area contributed by atoms with Gasteiger partial charge in [-0.1, -0.05) is 13.8 Å². The molecule has 0 fully saturated rings. The summed E-state index contributed by atoms with van der Waals surface area (Å²) in [7, 11) is 1.92. The maximum Gasteiger partial charge on any atom is 0.0705 e. The second-order valence-corrected chi connectivity index (χ2v) is 3.94. The standard InChI is InChI=1S/C10H19N3O/c1-8(2)7-14-11-5-10-6-13(4)12-9(10)3/h6,8,11H,5,7H2,1-4H3. The van der Waals surface area contributed by atoms with E-state index in [9.17, 15) is 0 Å². The Labute approximate surface area is 85.2 Å². The van der Waals surface area contributed by atoms with E-state index < -0.39 is 0 Å². The summed E-state index contributed by atoms with van der Waals surface area (Å²) in [6, 6.07) is 0. The maximum atomic E-state index is 5.28. The number of nitrogens with zero attached hydrogens (tertiary/aromatic N) is 2. The van der Waals surface area contributed by atoms with Gasteiger partial charge in [-0.15, -0.1) is 0 Å². The fourth-order valence-corrected chi connectivity index (χ4v) is 1.18. The lowest BCUT2D eigenvalue weighted by molar-refractivity contribution is 0.0195. The lowest BCUT2D eigenvalue weighted by Crippen LogP contribution is -2.17. The Morgan fingerprint density at radius 3 is 2.79 bits per heavy atom. The predicted octanol–water partition coefficient (Wildman–Crippen LogP) is 1.41. The molecule has 0 saturated carbocycles. The van der Waals surface area contributed by atoms with E-state index in [0.717, 1.165) is 12.3 Å². The van der Waals surface area contributed by atoms with E-state index in [1.165, 1.54) is 5.56 Å². The Kier molecular flexibility index (Phi) is 4.10. The predicted molar refractivity (Wildman–Crippen MR) is 55.6 cm³/mol. The second-order valence-electron chi connectivity index (χ2n) is 3.94. The van der Waals surface area contributed by atoms with E-state index >= 15 is 0 Å². The van der Waals surface area contributed by atoms with Crippen molar-refractivity contribution in [2.75, 3.05) is 6.61 Å². The number of nitrogens with one attached hydrogen (secondary N) is 1. The normalized spacial score (nSPS) is 11.2. The summed E-state index contributed by atoms with van der Waals surface area (Å²) in [6.45, 7) is 7.69. The SMILES string of the molecule is Cc1nn(C)cc1CNOCC(C)C. The molecule has 0 aliphatic heterocycles. The molecule has 80 valence electrons. The molecule has 0 unspecified atom stereocenters. The topological polar surface area (TPSA) is 39.1 Å². The van der Waals surface area contributed by atoms with Crippen molar-refractivity contribution in [3.05, 3.63) is 17.5 Å². The lowest BCUT2D eigenvalue weighted by Gasteiger charge is -2.06. The van der Waals surface area contributed by atoms with E-state index in [1.54, 1.807) is 0 Å². The first-order chi connectivity index (χ1) is 6.59. The van der Waals surface area contributed by atoms with E-state index in [4.69, 9.17) is 4.84 Å². The van der Waals surface area contributed by atoms with Crippen molar-refractivity contribution in [1.82, 2.24) is 15.3 Å². The van der Waals surface area contributed by atoms with Gasteiger partial charge < -0.3 is 4.84 Å². The molecule has 1 aromatic heterocycles. The van der Waals surface area contributed by atoms with Crippen LogP contribution in [0.2, 0.25) is 0 Å². The van der Waals surface area contributed by atoms with Crippen molar-refractivity contribution in [2.24, 2.45) is 13.0 Å². The first-order valence-corrected chi connectivity index (χ1v) is 4.93. The fraction of sp³-hybridized carbons (Fsp3) is 0.700. The minimum absolute atomic E-state index is 0.553. The van der Waals surface area contributed by atoms with Crippen LogP contribution < -0.4 is 5.48 Å². The van der Waals surface area contributed by atoms with Gasteiger partial charge in [-0.25, -0.2) is 0 Å². The number of aromatic nitrogens is 2. The van der Waals surface area contributed by atoms with Crippen molar-refractivity contribution in [3.8, 4) is 0 Å². The number of hydrogen-bond donors (Lipinski definition) is 1. The summed E-state index contributed by atoms with van der Waals surface area (Å²) in [4.78, 5) is 5.28. The number of hydrogen-bond acceptors (Lipinski definition) is 3. The van der Waals surface area contributed by atoms with Gasteiger partial charge in [0.1, 0.15) is 0 Å². The molecule has 0 aliphatic carbocycles. The summed E-state index contributed by atoms with van der Waals surface area (Å²) >= 11 is 0. The Morgan fingerprint density at radius 2 is 2.29 bits per heavy atom. The van der Waals surface area contributed by atoms with Crippen LogP contribution in [0.3, 0.4) is 0 Å². The van der Waals surface area contributed by atoms with Crippen LogP contribution in [0.15, 0.2) is 6.20 Å². The number of hydroxylamine groups is 1. The van der Waals surface area contributed by atoms with Crippen LogP contribution in [-0.4, -0.2) is 16.4 Å². The van der Waals surface area contributed by atoms with Gasteiger partial charge in [0, 0.05) is 25.4 Å². The summed E-state index contributed by atoms with van der Waals surface area (Å²) in [5, 5.41) is 4.25. The zero-order chi connectivity index (χ0) is 10.6. The smallest absolute Gasteiger partial charge is 0.0705 e. The molecule has 14 heavy (non-hydrogen) atoms. The first kappa shape index (κ1) is 11.2. The van der Waals surface area contributed by atoms with Gasteiger partial charge in [0.15, 0.2) is 0 Å². The number of rotatable bonds is 5. The Morgan fingerprint density at radius 1 is 1.57 bits per heavy atom. The fourth-order valence-electron chi connectivity index (χ4n) is 1.18. The molecule has 1 N–H and O–H groups in total. The summed E-state index contributed by atoms with van der Waals surface area (Å²) in [5.74, 6) is 0.553. The highest BCUT2D eigenvalue weighted by Gasteiger charge is 2.02. The van der Waals surface area contributed by atoms with Gasteiger partial charge in [-0.05, 0) is 12.8 Å². The highest BCUT2D eigenvalue weighted by molar-refractivity contribution is 5.14. The molecule has 0 aliphatic rings.